The van der Waals surface area contributed by atoms with Crippen LogP contribution in [0.15, 0.2) is 143 Å². The summed E-state index contributed by atoms with van der Waals surface area (Å²) >= 11 is 0. The Bertz CT molecular complexity index is 3650. The summed E-state index contributed by atoms with van der Waals surface area (Å²) in [5.41, 5.74) is 9.81. The average molecular weight is 1120 g/mol. The van der Waals surface area contributed by atoms with Crippen LogP contribution in [0.2, 0.25) is 0 Å². The molecule has 0 aliphatic heterocycles. The number of nitro benzene ring substituents is 1. The van der Waals surface area contributed by atoms with Gasteiger partial charge in [-0.2, -0.15) is 0 Å². The first-order chi connectivity index (χ1) is 35.6. The first-order valence-corrected chi connectivity index (χ1v) is 26.4. The van der Waals surface area contributed by atoms with Crippen LogP contribution in [-0.4, -0.2) is 104 Å². The first-order valence-electron chi connectivity index (χ1n) is 23.5. The number of hydrogen-bond acceptors (Lipinski definition) is 12. The van der Waals surface area contributed by atoms with Crippen LogP contribution in [0.5, 0.6) is 11.5 Å². The van der Waals surface area contributed by atoms with Gasteiger partial charge in [0.1, 0.15) is 28.8 Å². The summed E-state index contributed by atoms with van der Waals surface area (Å²) in [6.45, 7) is 8.53. The molecule has 0 atom stereocenters. The van der Waals surface area contributed by atoms with Crippen LogP contribution in [0, 0.1) is 24.0 Å². The summed E-state index contributed by atoms with van der Waals surface area (Å²) in [6, 6.07) is 27.5. The Labute approximate surface area is 451 Å². The van der Waals surface area contributed by atoms with E-state index in [1.54, 1.807) is 97.5 Å². The zero-order chi connectivity index (χ0) is 56.0. The van der Waals surface area contributed by atoms with Crippen molar-refractivity contribution in [3.05, 3.63) is 160 Å². The number of amides is 1. The minimum absolute atomic E-state index is 0. The second kappa shape index (κ2) is 24.7. The van der Waals surface area contributed by atoms with Gasteiger partial charge in [0.25, 0.3) is 5.69 Å². The van der Waals surface area contributed by atoms with E-state index in [-0.39, 0.29) is 77.0 Å². The van der Waals surface area contributed by atoms with E-state index in [1.165, 1.54) is 88.9 Å². The zero-order valence-corrected chi connectivity index (χ0v) is 46.1. The van der Waals surface area contributed by atoms with Crippen molar-refractivity contribution in [2.24, 2.45) is 5.73 Å². The van der Waals surface area contributed by atoms with E-state index in [2.05, 4.69) is 5.32 Å². The molecule has 2 aromatic heterocycles. The molecule has 1 amide bonds. The molecule has 0 spiro atoms. The minimum Gasteiger partial charge on any atom is -0.508 e. The monoisotopic (exact) mass is 1120 g/mol. The van der Waals surface area contributed by atoms with Crippen LogP contribution in [0.1, 0.15) is 42.5 Å². The van der Waals surface area contributed by atoms with Gasteiger partial charge in [-0.25, -0.2) is 43.8 Å². The number of aromatic hydroxyl groups is 1. The highest BCUT2D eigenvalue weighted by Crippen LogP contribution is 2.40. The molecule has 77 heavy (non-hydrogen) atoms. The Morgan fingerprint density at radius 1 is 0.740 bits per heavy atom. The Morgan fingerprint density at radius 3 is 1.69 bits per heavy atom. The highest BCUT2D eigenvalue weighted by atomic mass is 35.5. The number of rotatable bonds is 16. The first kappa shape index (κ1) is 60.4. The fourth-order valence-electron chi connectivity index (χ4n) is 8.18. The number of ether oxygens (including phenoxy) is 2. The summed E-state index contributed by atoms with van der Waals surface area (Å²) in [5, 5.41) is 24.7. The third-order valence-corrected chi connectivity index (χ3v) is 15.5. The number of phenols is 1. The Hall–Kier alpha value is -7.47. The number of non-ortho nitro benzene ring substituents is 1. The summed E-state index contributed by atoms with van der Waals surface area (Å²) in [5.74, 6) is -1.44. The molecule has 0 saturated heterocycles. The van der Waals surface area contributed by atoms with E-state index in [0.717, 1.165) is 25.4 Å². The molecule has 7 rings (SSSR count). The number of halogens is 3. The lowest BCUT2D eigenvalue weighted by atomic mass is 10.0. The van der Waals surface area contributed by atoms with E-state index in [4.69, 9.17) is 15.2 Å². The van der Waals surface area contributed by atoms with Crippen molar-refractivity contribution in [1.29, 1.82) is 0 Å². The van der Waals surface area contributed by atoms with Gasteiger partial charge in [-0.1, -0.05) is 24.3 Å². The van der Waals surface area contributed by atoms with Crippen LogP contribution in [0.4, 0.5) is 19.3 Å². The van der Waals surface area contributed by atoms with Gasteiger partial charge in [0, 0.05) is 97.7 Å². The lowest BCUT2D eigenvalue weighted by Crippen LogP contribution is -2.32. The number of fused-ring (bicyclic) bond motifs is 2. The van der Waals surface area contributed by atoms with E-state index < -0.39 is 48.5 Å². The summed E-state index contributed by atoms with van der Waals surface area (Å²) in [6.07, 6.45) is 1.85. The van der Waals surface area contributed by atoms with Gasteiger partial charge in [0.05, 0.1) is 33.4 Å². The molecule has 18 nitrogen and oxygen atoms in total. The fourth-order valence-corrected chi connectivity index (χ4v) is 10.1. The lowest BCUT2D eigenvalue weighted by molar-refractivity contribution is -0.384. The van der Waals surface area contributed by atoms with Crippen LogP contribution in [-0.2, 0) is 37.9 Å². The maximum absolute atomic E-state index is 15.3. The average Bonchev–Trinajstić information content (AvgIpc) is 3.82. The Kier molecular flexibility index (Phi) is 19.4. The van der Waals surface area contributed by atoms with Gasteiger partial charge in [-0.05, 0) is 131 Å². The molecule has 0 saturated carbocycles. The maximum atomic E-state index is 15.3. The van der Waals surface area contributed by atoms with Crippen molar-refractivity contribution >= 4 is 72.0 Å². The molecule has 0 aliphatic carbocycles. The largest absolute Gasteiger partial charge is 0.508 e. The number of carbonyl (C=O) groups is 2. The van der Waals surface area contributed by atoms with Crippen LogP contribution in [0.25, 0.3) is 44.1 Å². The third kappa shape index (κ3) is 14.1. The molecule has 0 unspecified atom stereocenters. The number of phenolic OH excluding ortho intramolecular Hbond substituents is 1. The SMILES string of the molecule is Cc1c(-c2cccc(S(=O)(=O)N(C)C)c2)c2cc(O)ccc2n1C/C(F)=C/CN.Cc1c(-c2cccc(S(=O)(=O)N(C)C)c2)c2cc(OC(=O)c3ccc([N+](=O)[O-])cc3)ccc2n1C/C(F)=C/CNC(=O)OC(C)(C)C.Cl. The number of aromatic nitrogens is 2. The van der Waals surface area contributed by atoms with Gasteiger partial charge in [0.15, 0.2) is 0 Å². The molecule has 0 radical (unpaired) electrons. The Morgan fingerprint density at radius 2 is 1.22 bits per heavy atom. The van der Waals surface area contributed by atoms with E-state index in [1.807, 2.05) is 6.92 Å². The number of nitrogens with zero attached hydrogens (tertiary/aromatic N) is 5. The van der Waals surface area contributed by atoms with Crippen LogP contribution < -0.4 is 15.8 Å². The number of sulfonamides is 2. The number of esters is 1. The minimum atomic E-state index is -3.78. The lowest BCUT2D eigenvalue weighted by Gasteiger charge is -2.19. The van der Waals surface area contributed by atoms with Gasteiger partial charge in [-0.3, -0.25) is 10.1 Å². The third-order valence-electron chi connectivity index (χ3n) is 11.9. The van der Waals surface area contributed by atoms with E-state index in [0.29, 0.717) is 38.7 Å². The zero-order valence-electron chi connectivity index (χ0n) is 43.7. The second-order valence-electron chi connectivity index (χ2n) is 18.7. The molecule has 0 aliphatic rings. The molecule has 2 heterocycles. The number of nitro groups is 1. The van der Waals surface area contributed by atoms with Gasteiger partial charge < -0.3 is 34.8 Å². The topological polar surface area (TPSA) is 239 Å². The van der Waals surface area contributed by atoms with Crippen LogP contribution in [0.3, 0.4) is 0 Å². The quantitative estimate of drug-likeness (QED) is 0.0355. The maximum Gasteiger partial charge on any atom is 0.407 e. The number of nitrogens with one attached hydrogen (secondary N) is 1. The van der Waals surface area contributed by atoms with Crippen LogP contribution >= 0.6 is 12.4 Å². The van der Waals surface area contributed by atoms with Gasteiger partial charge >= 0.3 is 12.1 Å². The number of carbonyl (C=O) groups excluding carboxylic acids is 2. The molecule has 7 aromatic rings. The van der Waals surface area contributed by atoms with Crippen molar-refractivity contribution in [2.45, 2.75) is 63.1 Å². The highest BCUT2D eigenvalue weighted by molar-refractivity contribution is 7.89. The van der Waals surface area contributed by atoms with Crippen molar-refractivity contribution in [3.8, 4) is 33.8 Å². The number of hydrogen-bond donors (Lipinski definition) is 3. The van der Waals surface area contributed by atoms with Crippen molar-refractivity contribution in [3.63, 3.8) is 0 Å². The van der Waals surface area contributed by atoms with Crippen molar-refractivity contribution in [2.75, 3.05) is 41.3 Å². The summed E-state index contributed by atoms with van der Waals surface area (Å²) < 4.78 is 97.0. The van der Waals surface area contributed by atoms with Crippen molar-refractivity contribution in [1.82, 2.24) is 23.1 Å². The molecule has 0 fully saturated rings. The highest BCUT2D eigenvalue weighted by Gasteiger charge is 2.24. The van der Waals surface area contributed by atoms with Crippen molar-refractivity contribution < 1.29 is 54.7 Å². The summed E-state index contributed by atoms with van der Waals surface area (Å²) in [7, 11) is -1.58. The summed E-state index contributed by atoms with van der Waals surface area (Å²) in [4.78, 5) is 35.5. The molecule has 4 N–H and O–H groups in total. The number of allylic oxidation sites excluding steroid dienone is 2. The van der Waals surface area contributed by atoms with Gasteiger partial charge in [-0.15, -0.1) is 12.4 Å². The predicted octanol–water partition coefficient (Wildman–Crippen LogP) is 10.2. The molecule has 0 bridgehead atoms. The molecular weight excluding hydrogens is 1060 g/mol. The van der Waals surface area contributed by atoms with Gasteiger partial charge in [0.2, 0.25) is 20.0 Å². The molecule has 5 aromatic carbocycles. The number of benzene rings is 5. The Balaban J connectivity index is 0.000000312. The molecule has 410 valence electrons. The molecule has 23 heteroatoms. The number of alkyl carbamates (subject to hydrolysis) is 1. The van der Waals surface area contributed by atoms with E-state index in [9.17, 15) is 46.0 Å². The molecular formula is C54H60ClF2N7O11S2. The smallest absolute Gasteiger partial charge is 0.407 e. The number of nitrogens with two attached hydrogens (primary N) is 1. The fraction of sp³-hybridized carbons (Fsp3) is 0.259. The normalized spacial score (nSPS) is 12.3. The second-order valence-corrected chi connectivity index (χ2v) is 23.0. The van der Waals surface area contributed by atoms with E-state index >= 15 is 4.39 Å². The standard InChI is InChI=1S/C33H35FN4O8S.C21H24FN3O3S.ClH/c1-21-30(23-8-7-9-27(18-23)47(43,44)36(5)6)28-19-26(45-31(39)22-10-12-25(13-11-22)38(41)42)14-15-29(28)37(21)20-24(34)16-17-35-32(40)46-33(2,3)4;1-14-21(15-5-4-6-18(11-15)29(27,28)24(2)3)19-12-17(26)7-8-20(19)25(14)13-16(22)9-10-23;/h7-16,18-19H,17,20H2,1-6H3,(H,35,40);4-9,11-12,26H,10,13,23H2,1-3H3;1H/b24-16-;16-9-;. The predicted molar refractivity (Wildman–Crippen MR) is 295 cm³/mol.